The molecule has 0 spiro atoms. The highest BCUT2D eigenvalue weighted by molar-refractivity contribution is 8.16. The third kappa shape index (κ3) is 5.05. The molecule has 2 aromatic carbocycles. The third-order valence-corrected chi connectivity index (χ3v) is 8.46. The summed E-state index contributed by atoms with van der Waals surface area (Å²) in [7, 11) is -3.97. The van der Waals surface area contributed by atoms with Crippen LogP contribution in [0, 0.1) is 0 Å². The van der Waals surface area contributed by atoms with E-state index in [1.165, 1.54) is 30.6 Å². The number of sulfonamides is 1. The van der Waals surface area contributed by atoms with Crippen molar-refractivity contribution in [2.24, 2.45) is 0 Å². The lowest BCUT2D eigenvalue weighted by atomic mass is 10.1. The molecule has 14 heteroatoms. The molecule has 0 radical (unpaired) electrons. The van der Waals surface area contributed by atoms with Gasteiger partial charge in [0.25, 0.3) is 5.56 Å². The Balaban J connectivity index is 1.52. The largest absolute Gasteiger partial charge is 0.416 e. The molecule has 178 valence electrons. The maximum absolute atomic E-state index is 13.0. The number of thioether (sulfide) groups is 1. The number of fused-ring (bicyclic) bond motifs is 1. The van der Waals surface area contributed by atoms with Crippen molar-refractivity contribution in [1.82, 2.24) is 14.3 Å². The van der Waals surface area contributed by atoms with Crippen LogP contribution in [0.5, 0.6) is 0 Å². The van der Waals surface area contributed by atoms with Gasteiger partial charge in [-0.3, -0.25) is 9.36 Å². The zero-order valence-electron chi connectivity index (χ0n) is 16.8. The van der Waals surface area contributed by atoms with Gasteiger partial charge in [-0.15, -0.1) is 0 Å². The first-order chi connectivity index (χ1) is 15.9. The normalized spacial score (nSPS) is 16.4. The van der Waals surface area contributed by atoms with Gasteiger partial charge in [-0.05, 0) is 48.9 Å². The number of amides is 2. The van der Waals surface area contributed by atoms with Gasteiger partial charge in [-0.25, -0.2) is 22.9 Å². The Morgan fingerprint density at radius 1 is 1.18 bits per heavy atom. The van der Waals surface area contributed by atoms with Gasteiger partial charge in [0.15, 0.2) is 0 Å². The number of alkyl halides is 3. The molecule has 0 aliphatic carbocycles. The quantitative estimate of drug-likeness (QED) is 0.517. The van der Waals surface area contributed by atoms with Crippen LogP contribution in [0.4, 0.5) is 23.7 Å². The Labute approximate surface area is 199 Å². The fraction of sp³-hybridized carbons (Fsp3) is 0.150. The summed E-state index contributed by atoms with van der Waals surface area (Å²) in [5.74, 6) is 0. The molecule has 1 aliphatic rings. The number of anilines is 1. The number of benzene rings is 2. The van der Waals surface area contributed by atoms with Gasteiger partial charge in [0.2, 0.25) is 10.0 Å². The Kier molecular flexibility index (Phi) is 6.36. The summed E-state index contributed by atoms with van der Waals surface area (Å²) in [5, 5.41) is 2.16. The highest BCUT2D eigenvalue weighted by Crippen LogP contribution is 2.37. The van der Waals surface area contributed by atoms with Crippen molar-refractivity contribution >= 4 is 56.0 Å². The van der Waals surface area contributed by atoms with Crippen LogP contribution in [0.25, 0.3) is 16.6 Å². The van der Waals surface area contributed by atoms with Gasteiger partial charge in [0.1, 0.15) is 10.9 Å². The topological polar surface area (TPSA) is 110 Å². The van der Waals surface area contributed by atoms with Crippen LogP contribution < -0.4 is 15.6 Å². The van der Waals surface area contributed by atoms with E-state index in [9.17, 15) is 31.2 Å². The maximum atomic E-state index is 13.0. The average Bonchev–Trinajstić information content (AvgIpc) is 3.21. The van der Waals surface area contributed by atoms with Gasteiger partial charge in [-0.2, -0.15) is 13.2 Å². The van der Waals surface area contributed by atoms with Gasteiger partial charge >= 0.3 is 12.2 Å². The molecule has 0 saturated heterocycles. The first-order valence-corrected chi connectivity index (χ1v) is 12.3. The lowest BCUT2D eigenvalue weighted by molar-refractivity contribution is -0.137. The zero-order chi connectivity index (χ0) is 24.7. The molecule has 2 N–H and O–H groups in total. The first kappa shape index (κ1) is 24.1. The van der Waals surface area contributed by atoms with E-state index in [0.717, 1.165) is 34.5 Å². The molecule has 1 unspecified atom stereocenters. The van der Waals surface area contributed by atoms with Crippen molar-refractivity contribution in [3.05, 3.63) is 75.1 Å². The Morgan fingerprint density at radius 3 is 2.50 bits per heavy atom. The lowest BCUT2D eigenvalue weighted by Crippen LogP contribution is -2.38. The lowest BCUT2D eigenvalue weighted by Gasteiger charge is -2.13. The number of carbonyl (C=O) groups is 1. The minimum Gasteiger partial charge on any atom is -0.307 e. The summed E-state index contributed by atoms with van der Waals surface area (Å²) in [6, 6.07) is 7.36. The number of nitrogens with one attached hydrogen (secondary N) is 2. The van der Waals surface area contributed by atoms with E-state index in [1.807, 2.05) is 4.72 Å². The summed E-state index contributed by atoms with van der Waals surface area (Å²) in [6.45, 7) is 0. The molecular formula is C20H14ClF3N4O4S2. The predicted octanol–water partition coefficient (Wildman–Crippen LogP) is 4.40. The second-order valence-electron chi connectivity index (χ2n) is 7.09. The van der Waals surface area contributed by atoms with E-state index in [4.69, 9.17) is 11.6 Å². The van der Waals surface area contributed by atoms with E-state index in [1.54, 1.807) is 6.08 Å². The van der Waals surface area contributed by atoms with E-state index in [-0.39, 0.29) is 28.7 Å². The van der Waals surface area contributed by atoms with Gasteiger partial charge in [0.05, 0.1) is 26.5 Å². The molecule has 4 rings (SSSR count). The van der Waals surface area contributed by atoms with Crippen molar-refractivity contribution in [1.29, 1.82) is 0 Å². The van der Waals surface area contributed by atoms with Crippen LogP contribution in [-0.2, 0) is 16.2 Å². The highest BCUT2D eigenvalue weighted by atomic mass is 35.5. The van der Waals surface area contributed by atoms with Crippen LogP contribution in [0.15, 0.2) is 64.0 Å². The van der Waals surface area contributed by atoms with Crippen LogP contribution in [0.2, 0.25) is 0 Å². The van der Waals surface area contributed by atoms with Crippen LogP contribution in [-0.4, -0.2) is 28.6 Å². The van der Waals surface area contributed by atoms with E-state index in [0.29, 0.717) is 4.36 Å². The fourth-order valence-electron chi connectivity index (χ4n) is 3.14. The monoisotopic (exact) mass is 530 g/mol. The van der Waals surface area contributed by atoms with Crippen molar-refractivity contribution in [3.63, 3.8) is 0 Å². The predicted molar refractivity (Wildman–Crippen MR) is 123 cm³/mol. The summed E-state index contributed by atoms with van der Waals surface area (Å²) < 4.78 is 65.9. The number of nitrogens with zero attached hydrogens (tertiary/aromatic N) is 2. The third-order valence-electron chi connectivity index (χ3n) is 4.78. The molecule has 1 atom stereocenters. The molecule has 0 bridgehead atoms. The minimum absolute atomic E-state index is 0.113. The summed E-state index contributed by atoms with van der Waals surface area (Å²) in [6.07, 6.45) is -1.72. The standard InChI is InChI=1S/C20H14ClF3N4O4S2/c21-16-7-8-17(33-16)34(31,32)27-19(30)26-12-2-4-13(5-3-12)28-10-25-15-6-1-11(20(22,23)24)9-14(15)18(28)29/h1-7,9-10,17H,8H2,(H2,26,27,30). The number of carbonyl (C=O) groups excluding carboxylic acids is 1. The molecule has 0 saturated carbocycles. The molecule has 2 amide bonds. The van der Waals surface area contributed by atoms with Gasteiger partial charge in [-0.1, -0.05) is 29.4 Å². The fourth-order valence-corrected chi connectivity index (χ4v) is 6.10. The second-order valence-corrected chi connectivity index (χ2v) is 11.1. The summed E-state index contributed by atoms with van der Waals surface area (Å²) in [4.78, 5) is 28.9. The molecule has 1 aromatic heterocycles. The number of aromatic nitrogens is 2. The Morgan fingerprint density at radius 2 is 1.88 bits per heavy atom. The zero-order valence-corrected chi connectivity index (χ0v) is 19.2. The van der Waals surface area contributed by atoms with Crippen molar-refractivity contribution in [2.45, 2.75) is 17.2 Å². The van der Waals surface area contributed by atoms with Gasteiger partial charge < -0.3 is 5.32 Å². The molecule has 0 fully saturated rings. The maximum Gasteiger partial charge on any atom is 0.416 e. The van der Waals surface area contributed by atoms with E-state index < -0.39 is 37.9 Å². The smallest absolute Gasteiger partial charge is 0.307 e. The van der Waals surface area contributed by atoms with Crippen molar-refractivity contribution < 1.29 is 26.4 Å². The highest BCUT2D eigenvalue weighted by Gasteiger charge is 2.32. The molecule has 1 aliphatic heterocycles. The van der Waals surface area contributed by atoms with Crippen LogP contribution in [0.1, 0.15) is 12.0 Å². The van der Waals surface area contributed by atoms with Gasteiger partial charge in [0, 0.05) is 5.69 Å². The van der Waals surface area contributed by atoms with E-state index in [2.05, 4.69) is 10.3 Å². The van der Waals surface area contributed by atoms with Crippen LogP contribution in [0.3, 0.4) is 0 Å². The molecule has 34 heavy (non-hydrogen) atoms. The number of hydrogen-bond acceptors (Lipinski definition) is 6. The summed E-state index contributed by atoms with van der Waals surface area (Å²) in [5.41, 5.74) is -1.07. The number of hydrogen-bond donors (Lipinski definition) is 2. The number of halogens is 4. The van der Waals surface area contributed by atoms with E-state index >= 15 is 0 Å². The second kappa shape index (κ2) is 8.96. The number of urea groups is 1. The Hall–Kier alpha value is -3.03. The molecule has 8 nitrogen and oxygen atoms in total. The van der Waals surface area contributed by atoms with Crippen LogP contribution >= 0.6 is 23.4 Å². The number of rotatable bonds is 4. The number of allylic oxidation sites excluding steroid dienone is 1. The Bertz CT molecular complexity index is 1470. The molecule has 3 aromatic rings. The van der Waals surface area contributed by atoms with Crippen molar-refractivity contribution in [3.8, 4) is 5.69 Å². The molecule has 2 heterocycles. The first-order valence-electron chi connectivity index (χ1n) is 9.48. The molecular weight excluding hydrogens is 517 g/mol. The minimum atomic E-state index is -4.61. The average molecular weight is 531 g/mol. The van der Waals surface area contributed by atoms with Crippen molar-refractivity contribution in [2.75, 3.05) is 5.32 Å². The summed E-state index contributed by atoms with van der Waals surface area (Å²) >= 11 is 6.69. The SMILES string of the molecule is O=C(Nc1ccc(-n2cnc3ccc(C(F)(F)F)cc3c2=O)cc1)NS(=O)(=O)C1CC=C(Cl)S1.